The number of hydrogen-bond donors (Lipinski definition) is 2. The van der Waals surface area contributed by atoms with Crippen LogP contribution >= 0.6 is 0 Å². The average Bonchev–Trinajstić information content (AvgIpc) is 2.99. The first kappa shape index (κ1) is 20.2. The molecule has 0 saturated carbocycles. The van der Waals surface area contributed by atoms with Gasteiger partial charge < -0.3 is 19.0 Å². The third kappa shape index (κ3) is 5.04. The third-order valence-corrected chi connectivity index (χ3v) is 5.04. The molecule has 1 aromatic heterocycles. The molecule has 28 heavy (non-hydrogen) atoms. The van der Waals surface area contributed by atoms with Gasteiger partial charge in [0.05, 0.1) is 17.6 Å². The Bertz CT molecular complexity index is 914. The van der Waals surface area contributed by atoms with Crippen LogP contribution in [0.4, 0.5) is 0 Å². The van der Waals surface area contributed by atoms with Crippen LogP contribution in [0.15, 0.2) is 54.6 Å². The van der Waals surface area contributed by atoms with E-state index in [0.717, 1.165) is 29.7 Å². The van der Waals surface area contributed by atoms with Crippen molar-refractivity contribution in [3.05, 3.63) is 60.2 Å². The molecule has 0 aliphatic heterocycles. The van der Waals surface area contributed by atoms with Gasteiger partial charge in [0, 0.05) is 6.54 Å². The van der Waals surface area contributed by atoms with Crippen LogP contribution in [0.25, 0.3) is 11.0 Å². The van der Waals surface area contributed by atoms with Crippen molar-refractivity contribution < 1.29 is 9.84 Å². The minimum absolute atomic E-state index is 0.201. The highest BCUT2D eigenvalue weighted by Gasteiger charge is 2.14. The van der Waals surface area contributed by atoms with Crippen LogP contribution in [0, 0.1) is 5.41 Å². The molecule has 5 nitrogen and oxygen atoms in total. The Balaban J connectivity index is 1.70. The fourth-order valence-corrected chi connectivity index (χ4v) is 3.55. The molecule has 0 aliphatic rings. The summed E-state index contributed by atoms with van der Waals surface area (Å²) in [5.74, 6) is 0.743. The van der Waals surface area contributed by atoms with Crippen molar-refractivity contribution in [3.8, 4) is 5.75 Å². The number of aryl methyl sites for hydroxylation is 1. The Morgan fingerprint density at radius 3 is 2.25 bits per heavy atom. The number of aliphatic hydroxyl groups excluding tert-OH is 1. The largest absolute Gasteiger partial charge is 0.491 e. The molecule has 1 atom stereocenters. The third-order valence-electron chi connectivity index (χ3n) is 5.04. The maximum absolute atomic E-state index is 10.5. The minimum Gasteiger partial charge on any atom is -0.491 e. The summed E-state index contributed by atoms with van der Waals surface area (Å²) in [7, 11) is 0. The molecule has 0 spiro atoms. The van der Waals surface area contributed by atoms with Gasteiger partial charge >= 0.3 is 0 Å². The Morgan fingerprint density at radius 1 is 0.893 bits per heavy atom. The SMILES string of the molecule is CCCCCCCn1c(=N)n(C[C@@H](O)COc2ccccc2)c2ccccc21. The molecule has 0 saturated heterocycles. The molecular formula is C23H31N3O2. The Morgan fingerprint density at radius 2 is 1.54 bits per heavy atom. The highest BCUT2D eigenvalue weighted by molar-refractivity contribution is 5.75. The van der Waals surface area contributed by atoms with Crippen LogP contribution in [0.3, 0.4) is 0 Å². The molecule has 150 valence electrons. The van der Waals surface area contributed by atoms with Crippen LogP contribution in [0.2, 0.25) is 0 Å². The number of nitrogens with one attached hydrogen (secondary N) is 1. The van der Waals surface area contributed by atoms with Crippen molar-refractivity contribution >= 4 is 11.0 Å². The van der Waals surface area contributed by atoms with Crippen molar-refractivity contribution in [2.24, 2.45) is 0 Å². The van der Waals surface area contributed by atoms with Gasteiger partial charge in [-0.05, 0) is 30.7 Å². The normalized spacial score (nSPS) is 12.4. The number of aromatic nitrogens is 2. The lowest BCUT2D eigenvalue weighted by atomic mass is 10.1. The summed E-state index contributed by atoms with van der Waals surface area (Å²) < 4.78 is 9.62. The van der Waals surface area contributed by atoms with Gasteiger partial charge in [-0.25, -0.2) is 0 Å². The number of nitrogens with zero attached hydrogens (tertiary/aromatic N) is 2. The summed E-state index contributed by atoms with van der Waals surface area (Å²) >= 11 is 0. The van der Waals surface area contributed by atoms with E-state index in [0.29, 0.717) is 12.2 Å². The van der Waals surface area contributed by atoms with Crippen molar-refractivity contribution in [1.29, 1.82) is 5.41 Å². The topological polar surface area (TPSA) is 63.2 Å². The molecule has 2 aromatic carbocycles. The first-order valence-corrected chi connectivity index (χ1v) is 10.3. The molecule has 0 unspecified atom stereocenters. The molecule has 1 heterocycles. The number of para-hydroxylation sites is 3. The maximum atomic E-state index is 10.5. The zero-order chi connectivity index (χ0) is 19.8. The average molecular weight is 382 g/mol. The molecule has 0 fully saturated rings. The van der Waals surface area contributed by atoms with Crippen LogP contribution in [-0.4, -0.2) is 27.0 Å². The van der Waals surface area contributed by atoms with Gasteiger partial charge in [-0.2, -0.15) is 0 Å². The standard InChI is InChI=1S/C23H31N3O2/c1-2-3-4-5-11-16-25-21-14-9-10-15-22(21)26(23(25)24)17-19(27)18-28-20-12-7-6-8-13-20/h6-10,12-15,19,24,27H,2-5,11,16-18H2,1H3/t19-/m1/s1. The second-order valence-corrected chi connectivity index (χ2v) is 7.27. The van der Waals surface area contributed by atoms with E-state index in [2.05, 4.69) is 17.6 Å². The Kier molecular flexibility index (Phi) is 7.31. The Labute approximate surface area is 166 Å². The van der Waals surface area contributed by atoms with Crippen molar-refractivity contribution in [2.45, 2.75) is 58.2 Å². The van der Waals surface area contributed by atoms with E-state index in [4.69, 9.17) is 10.1 Å². The maximum Gasteiger partial charge on any atom is 0.203 e. The summed E-state index contributed by atoms with van der Waals surface area (Å²) in [6.07, 6.45) is 5.33. The summed E-state index contributed by atoms with van der Waals surface area (Å²) in [6.45, 7) is 3.60. The lowest BCUT2D eigenvalue weighted by molar-refractivity contribution is 0.0921. The van der Waals surface area contributed by atoms with Crippen LogP contribution < -0.4 is 10.4 Å². The summed E-state index contributed by atoms with van der Waals surface area (Å²) in [5.41, 5.74) is 2.48. The van der Waals surface area contributed by atoms with Crippen LogP contribution in [0.1, 0.15) is 39.0 Å². The van der Waals surface area contributed by atoms with Crippen LogP contribution in [-0.2, 0) is 13.1 Å². The van der Waals surface area contributed by atoms with Gasteiger partial charge in [0.1, 0.15) is 18.5 Å². The highest BCUT2D eigenvalue weighted by atomic mass is 16.5. The molecular weight excluding hydrogens is 350 g/mol. The van der Waals surface area contributed by atoms with Crippen molar-refractivity contribution in [1.82, 2.24) is 9.13 Å². The van der Waals surface area contributed by atoms with E-state index in [1.165, 1.54) is 25.7 Å². The molecule has 5 heteroatoms. The fourth-order valence-electron chi connectivity index (χ4n) is 3.55. The first-order chi connectivity index (χ1) is 13.7. The molecule has 0 radical (unpaired) electrons. The van der Waals surface area contributed by atoms with Crippen LogP contribution in [0.5, 0.6) is 5.75 Å². The van der Waals surface area contributed by atoms with E-state index in [1.807, 2.05) is 53.1 Å². The second-order valence-electron chi connectivity index (χ2n) is 7.27. The molecule has 3 rings (SSSR count). The number of unbranched alkanes of at least 4 members (excludes halogenated alkanes) is 4. The number of aliphatic hydroxyl groups is 1. The second kappa shape index (κ2) is 10.1. The zero-order valence-electron chi connectivity index (χ0n) is 16.7. The van der Waals surface area contributed by atoms with Gasteiger partial charge in [-0.3, -0.25) is 5.41 Å². The molecule has 0 aliphatic carbocycles. The molecule has 3 aromatic rings. The first-order valence-electron chi connectivity index (χ1n) is 10.3. The number of rotatable bonds is 11. The van der Waals surface area contributed by atoms with Gasteiger partial charge in [0.2, 0.25) is 5.62 Å². The number of benzene rings is 2. The highest BCUT2D eigenvalue weighted by Crippen LogP contribution is 2.15. The lowest BCUT2D eigenvalue weighted by Crippen LogP contribution is -2.31. The summed E-state index contributed by atoms with van der Waals surface area (Å²) in [5, 5.41) is 19.1. The lowest BCUT2D eigenvalue weighted by Gasteiger charge is -2.13. The Hall–Kier alpha value is -2.53. The predicted octanol–water partition coefficient (Wildman–Crippen LogP) is 4.33. The van der Waals surface area contributed by atoms with E-state index in [-0.39, 0.29) is 6.61 Å². The predicted molar refractivity (Wildman–Crippen MR) is 112 cm³/mol. The van der Waals surface area contributed by atoms with Crippen molar-refractivity contribution in [2.75, 3.05) is 6.61 Å². The summed E-state index contributed by atoms with van der Waals surface area (Å²) in [6, 6.07) is 17.6. The van der Waals surface area contributed by atoms with Gasteiger partial charge in [0.15, 0.2) is 0 Å². The van der Waals surface area contributed by atoms with Crippen molar-refractivity contribution in [3.63, 3.8) is 0 Å². The fraction of sp³-hybridized carbons (Fsp3) is 0.435. The van der Waals surface area contributed by atoms with E-state index in [1.54, 1.807) is 0 Å². The van der Waals surface area contributed by atoms with Gasteiger partial charge in [-0.1, -0.05) is 62.9 Å². The number of fused-ring (bicyclic) bond motifs is 1. The van der Waals surface area contributed by atoms with E-state index in [9.17, 15) is 5.11 Å². The molecule has 0 amide bonds. The number of imidazole rings is 1. The van der Waals surface area contributed by atoms with Gasteiger partial charge in [-0.15, -0.1) is 0 Å². The quantitative estimate of drug-likeness (QED) is 0.486. The number of hydrogen-bond acceptors (Lipinski definition) is 3. The summed E-state index contributed by atoms with van der Waals surface area (Å²) in [4.78, 5) is 0. The van der Waals surface area contributed by atoms with E-state index >= 15 is 0 Å². The number of ether oxygens (including phenoxy) is 1. The monoisotopic (exact) mass is 381 g/mol. The molecule has 2 N–H and O–H groups in total. The smallest absolute Gasteiger partial charge is 0.203 e. The minimum atomic E-state index is -0.682. The molecule has 0 bridgehead atoms. The zero-order valence-corrected chi connectivity index (χ0v) is 16.7. The van der Waals surface area contributed by atoms with Gasteiger partial charge in [0.25, 0.3) is 0 Å². The van der Waals surface area contributed by atoms with E-state index < -0.39 is 6.10 Å².